The molecule has 0 bridgehead atoms. The third-order valence-corrected chi connectivity index (χ3v) is 13.0. The largest absolute Gasteiger partial charge is 0.309 e. The summed E-state index contributed by atoms with van der Waals surface area (Å²) in [5.74, 6) is 0. The Balaban J connectivity index is 1.09. The van der Waals surface area contributed by atoms with Gasteiger partial charge in [0.05, 0.1) is 22.4 Å². The molecule has 66 heavy (non-hydrogen) atoms. The second kappa shape index (κ2) is 16.8. The maximum Gasteiger partial charge on any atom is 0.0541 e. The fourth-order valence-electron chi connectivity index (χ4n) is 9.93. The number of hydrogen-bond acceptors (Lipinski definition) is 1. The average Bonchev–Trinajstić information content (AvgIpc) is 3.74. The fourth-order valence-corrected chi connectivity index (χ4v) is 9.93. The molecule has 1 aromatic heterocycles. The Morgan fingerprint density at radius 2 is 0.758 bits per heavy atom. The number of para-hydroxylation sites is 3. The smallest absolute Gasteiger partial charge is 0.0541 e. The van der Waals surface area contributed by atoms with Crippen LogP contribution in [0.2, 0.25) is 0 Å². The van der Waals surface area contributed by atoms with Crippen LogP contribution in [0.25, 0.3) is 93.9 Å². The fraction of sp³-hybridized carbons (Fsp3) is 0. The molecule has 310 valence electrons. The highest BCUT2D eigenvalue weighted by molar-refractivity contribution is 6.09. The Bertz CT molecular complexity index is 3620. The minimum absolute atomic E-state index is 1.07. The van der Waals surface area contributed by atoms with E-state index in [0.29, 0.717) is 0 Å². The van der Waals surface area contributed by atoms with E-state index in [-0.39, 0.29) is 0 Å². The molecule has 0 saturated heterocycles. The van der Waals surface area contributed by atoms with E-state index in [2.05, 4.69) is 276 Å². The molecule has 1 heterocycles. The first kappa shape index (κ1) is 38.9. The van der Waals surface area contributed by atoms with Crippen LogP contribution >= 0.6 is 0 Å². The van der Waals surface area contributed by atoms with Crippen molar-refractivity contribution in [3.05, 3.63) is 267 Å². The van der Waals surface area contributed by atoms with E-state index in [4.69, 9.17) is 0 Å². The van der Waals surface area contributed by atoms with E-state index in [1.165, 1.54) is 66.0 Å². The minimum Gasteiger partial charge on any atom is -0.309 e. The van der Waals surface area contributed by atoms with Gasteiger partial charge >= 0.3 is 0 Å². The van der Waals surface area contributed by atoms with Gasteiger partial charge in [0.25, 0.3) is 0 Å². The van der Waals surface area contributed by atoms with Crippen molar-refractivity contribution in [2.45, 2.75) is 0 Å². The number of fused-ring (bicyclic) bond motifs is 4. The molecule has 0 radical (unpaired) electrons. The molecule has 0 unspecified atom stereocenters. The lowest BCUT2D eigenvalue weighted by molar-refractivity contribution is 1.18. The first-order chi connectivity index (χ1) is 32.8. The molecule has 0 N–H and O–H groups in total. The van der Waals surface area contributed by atoms with E-state index in [1.807, 2.05) is 0 Å². The number of benzene rings is 11. The van der Waals surface area contributed by atoms with Crippen LogP contribution in [0.1, 0.15) is 0 Å². The van der Waals surface area contributed by atoms with Crippen LogP contribution in [-0.4, -0.2) is 4.57 Å². The van der Waals surface area contributed by atoms with Crippen molar-refractivity contribution >= 4 is 49.6 Å². The highest BCUT2D eigenvalue weighted by Crippen LogP contribution is 2.48. The molecule has 0 atom stereocenters. The van der Waals surface area contributed by atoms with Crippen LogP contribution in [0.15, 0.2) is 267 Å². The summed E-state index contributed by atoms with van der Waals surface area (Å²) in [5, 5.41) is 4.95. The lowest BCUT2D eigenvalue weighted by Gasteiger charge is -2.31. The summed E-state index contributed by atoms with van der Waals surface area (Å²) in [6.07, 6.45) is 0. The van der Waals surface area contributed by atoms with Gasteiger partial charge in [-0.2, -0.15) is 0 Å². The van der Waals surface area contributed by atoms with E-state index < -0.39 is 0 Å². The van der Waals surface area contributed by atoms with Crippen LogP contribution in [0, 0.1) is 0 Å². The van der Waals surface area contributed by atoms with Crippen molar-refractivity contribution in [1.82, 2.24) is 4.57 Å². The Morgan fingerprint density at radius 1 is 0.258 bits per heavy atom. The topological polar surface area (TPSA) is 8.17 Å². The molecule has 2 nitrogen and oxygen atoms in total. The molecule has 2 heteroatoms. The minimum atomic E-state index is 1.07. The number of nitrogens with zero attached hydrogens (tertiary/aromatic N) is 2. The Hall–Kier alpha value is -8.72. The molecular weight excluding hydrogens is 797 g/mol. The summed E-state index contributed by atoms with van der Waals surface area (Å²) in [7, 11) is 0. The lowest BCUT2D eigenvalue weighted by atomic mass is 9.90. The molecule has 0 spiro atoms. The van der Waals surface area contributed by atoms with Crippen molar-refractivity contribution in [2.24, 2.45) is 0 Å². The van der Waals surface area contributed by atoms with Crippen LogP contribution in [0.5, 0.6) is 0 Å². The Kier molecular flexibility index (Phi) is 9.89. The zero-order valence-electron chi connectivity index (χ0n) is 36.3. The third kappa shape index (κ3) is 6.93. The van der Waals surface area contributed by atoms with Crippen LogP contribution < -0.4 is 4.90 Å². The standard InChI is InChI=1S/C64H44N2/c1-4-19-45(20-5-1)50-37-42-64(59(43-50)48-23-8-3-9-24-48)66(52-40-41-54(46-21-6-2-7-22-46)60(44-52)56-31-18-26-47-25-10-11-27-53(47)56)61-32-15-12-28-55(61)49-35-38-51(39-36-49)65-62-33-16-13-29-57(62)58-30-14-17-34-63(58)65/h1-44H. The normalized spacial score (nSPS) is 11.3. The first-order valence-electron chi connectivity index (χ1n) is 22.7. The van der Waals surface area contributed by atoms with Gasteiger partial charge in [-0.3, -0.25) is 0 Å². The van der Waals surface area contributed by atoms with E-state index >= 15 is 0 Å². The van der Waals surface area contributed by atoms with Gasteiger partial charge in [0.1, 0.15) is 0 Å². The first-order valence-corrected chi connectivity index (χ1v) is 22.7. The van der Waals surface area contributed by atoms with Gasteiger partial charge < -0.3 is 9.47 Å². The zero-order chi connectivity index (χ0) is 43.8. The van der Waals surface area contributed by atoms with Crippen LogP contribution in [-0.2, 0) is 0 Å². The molecule has 0 aliphatic rings. The van der Waals surface area contributed by atoms with Crippen LogP contribution in [0.3, 0.4) is 0 Å². The van der Waals surface area contributed by atoms with Gasteiger partial charge in [-0.25, -0.2) is 0 Å². The second-order valence-electron chi connectivity index (χ2n) is 16.9. The van der Waals surface area contributed by atoms with Gasteiger partial charge in [0.2, 0.25) is 0 Å². The quantitative estimate of drug-likeness (QED) is 0.141. The van der Waals surface area contributed by atoms with Gasteiger partial charge in [-0.15, -0.1) is 0 Å². The third-order valence-electron chi connectivity index (χ3n) is 13.0. The summed E-state index contributed by atoms with van der Waals surface area (Å²) < 4.78 is 2.39. The number of rotatable bonds is 9. The molecule has 0 saturated carbocycles. The predicted octanol–water partition coefficient (Wildman–Crippen LogP) is 17.7. The summed E-state index contributed by atoms with van der Waals surface area (Å²) in [5.41, 5.74) is 18.4. The van der Waals surface area contributed by atoms with Gasteiger partial charge in [-0.05, 0) is 110 Å². The number of anilines is 3. The Labute approximate surface area is 385 Å². The molecule has 12 rings (SSSR count). The summed E-state index contributed by atoms with van der Waals surface area (Å²) in [4.78, 5) is 2.48. The molecule has 0 aliphatic heterocycles. The van der Waals surface area contributed by atoms with Crippen LogP contribution in [0.4, 0.5) is 17.1 Å². The highest BCUT2D eigenvalue weighted by atomic mass is 15.1. The molecule has 12 aromatic rings. The van der Waals surface area contributed by atoms with Crippen molar-refractivity contribution in [2.75, 3.05) is 4.90 Å². The highest BCUT2D eigenvalue weighted by Gasteiger charge is 2.23. The second-order valence-corrected chi connectivity index (χ2v) is 16.9. The molecule has 11 aromatic carbocycles. The number of aromatic nitrogens is 1. The molecule has 0 fully saturated rings. The van der Waals surface area contributed by atoms with E-state index in [9.17, 15) is 0 Å². The molecule has 0 amide bonds. The van der Waals surface area contributed by atoms with Crippen molar-refractivity contribution in [3.63, 3.8) is 0 Å². The zero-order valence-corrected chi connectivity index (χ0v) is 36.3. The van der Waals surface area contributed by atoms with E-state index in [1.54, 1.807) is 0 Å². The Morgan fingerprint density at radius 3 is 1.45 bits per heavy atom. The van der Waals surface area contributed by atoms with Gasteiger partial charge in [-0.1, -0.05) is 212 Å². The van der Waals surface area contributed by atoms with Gasteiger partial charge in [0.15, 0.2) is 0 Å². The maximum absolute atomic E-state index is 2.48. The van der Waals surface area contributed by atoms with Gasteiger partial charge in [0, 0.05) is 33.3 Å². The summed E-state index contributed by atoms with van der Waals surface area (Å²) in [6.45, 7) is 0. The maximum atomic E-state index is 2.48. The SMILES string of the molecule is c1ccc(-c2ccc(N(c3ccc(-c4ccccc4)c(-c4cccc5ccccc45)c3)c3ccccc3-c3ccc(-n4c5ccccc5c5ccccc54)cc3)c(-c3ccccc3)c2)cc1. The summed E-state index contributed by atoms with van der Waals surface area (Å²) in [6, 6.07) is 97.1. The molecule has 0 aliphatic carbocycles. The molecular formula is C64H44N2. The van der Waals surface area contributed by atoms with E-state index in [0.717, 1.165) is 45.0 Å². The average molecular weight is 841 g/mol. The lowest BCUT2D eigenvalue weighted by Crippen LogP contribution is -2.13. The van der Waals surface area contributed by atoms with Crippen molar-refractivity contribution < 1.29 is 0 Å². The van der Waals surface area contributed by atoms with Crippen molar-refractivity contribution in [1.29, 1.82) is 0 Å². The predicted molar refractivity (Wildman–Crippen MR) is 280 cm³/mol. The number of hydrogen-bond donors (Lipinski definition) is 0. The monoisotopic (exact) mass is 840 g/mol. The summed E-state index contributed by atoms with van der Waals surface area (Å²) >= 11 is 0. The van der Waals surface area contributed by atoms with Crippen molar-refractivity contribution in [3.8, 4) is 61.3 Å².